The maximum absolute atomic E-state index is 12.7. The molecule has 9 heteroatoms. The minimum absolute atomic E-state index is 0.0651. The number of alkyl carbamates (subject to hydrolysis) is 1. The molecule has 0 aliphatic heterocycles. The van der Waals surface area contributed by atoms with Crippen molar-refractivity contribution in [3.63, 3.8) is 0 Å². The van der Waals surface area contributed by atoms with Crippen molar-refractivity contribution in [1.82, 2.24) is 5.32 Å². The van der Waals surface area contributed by atoms with Crippen LogP contribution in [-0.4, -0.2) is 50.5 Å². The number of Topliss-reactive ketones (excluding diaryl/α,β-unsaturated/α-hetero) is 1. The van der Waals surface area contributed by atoms with E-state index in [1.54, 1.807) is 39.0 Å². The fraction of sp³-hybridized carbons (Fsp3) is 0.625. The van der Waals surface area contributed by atoms with Crippen LogP contribution in [-0.2, 0) is 19.4 Å². The number of carbonyl (C=O) groups is 2. The molecule has 0 saturated heterocycles. The monoisotopic (exact) mass is 482 g/mol. The summed E-state index contributed by atoms with van der Waals surface area (Å²) in [6.45, 7) is 9.13. The number of unbranched alkanes of at least 4 members (excludes halogenated alkanes) is 1. The summed E-state index contributed by atoms with van der Waals surface area (Å²) in [6.07, 6.45) is 1.47. The van der Waals surface area contributed by atoms with Gasteiger partial charge in [0.25, 0.3) is 0 Å². The van der Waals surface area contributed by atoms with Crippen molar-refractivity contribution in [3.05, 3.63) is 24.3 Å². The van der Waals surface area contributed by atoms with Gasteiger partial charge in [0.05, 0.1) is 18.9 Å². The van der Waals surface area contributed by atoms with Crippen LogP contribution >= 0.6 is 0 Å². The molecule has 1 aromatic carbocycles. The van der Waals surface area contributed by atoms with Gasteiger partial charge >= 0.3 is 6.09 Å². The van der Waals surface area contributed by atoms with E-state index in [1.165, 1.54) is 13.2 Å². The smallest absolute Gasteiger partial charge is 0.408 e. The fourth-order valence-electron chi connectivity index (χ4n) is 3.25. The number of hydrogen-bond acceptors (Lipinski definition) is 7. The molecule has 0 saturated carbocycles. The van der Waals surface area contributed by atoms with Crippen LogP contribution in [0.2, 0.25) is 0 Å². The summed E-state index contributed by atoms with van der Waals surface area (Å²) in [5, 5.41) is 10.8. The van der Waals surface area contributed by atoms with Gasteiger partial charge in [0.15, 0.2) is 15.6 Å². The van der Waals surface area contributed by atoms with Gasteiger partial charge in [-0.25, -0.2) is 13.2 Å². The molecule has 0 bridgehead atoms. The van der Waals surface area contributed by atoms with Gasteiger partial charge in [0.1, 0.15) is 16.2 Å². The molecule has 0 aliphatic rings. The number of benzene rings is 1. The number of carbonyl (C=O) groups excluding carboxylic acids is 2. The molecular weight excluding hydrogens is 444 g/mol. The summed E-state index contributed by atoms with van der Waals surface area (Å²) >= 11 is 0. The van der Waals surface area contributed by atoms with Crippen molar-refractivity contribution in [3.8, 4) is 5.75 Å². The van der Waals surface area contributed by atoms with E-state index in [4.69, 9.17) is 14.9 Å². The van der Waals surface area contributed by atoms with Gasteiger partial charge in [0.2, 0.25) is 0 Å². The van der Waals surface area contributed by atoms with E-state index in [-0.39, 0.29) is 40.2 Å². The molecule has 33 heavy (non-hydrogen) atoms. The predicted octanol–water partition coefficient (Wildman–Crippen LogP) is 4.56. The topological polar surface area (TPSA) is 123 Å². The van der Waals surface area contributed by atoms with Crippen LogP contribution in [0.4, 0.5) is 4.79 Å². The maximum Gasteiger partial charge on any atom is 0.408 e. The van der Waals surface area contributed by atoms with Crippen molar-refractivity contribution in [2.24, 2.45) is 5.92 Å². The Hall–Kier alpha value is -2.42. The van der Waals surface area contributed by atoms with E-state index in [9.17, 15) is 18.0 Å². The molecular formula is C24H38N2O6S. The Bertz CT molecular complexity index is 919. The quantitative estimate of drug-likeness (QED) is 0.314. The molecule has 0 aromatic heterocycles. The lowest BCUT2D eigenvalue weighted by atomic mass is 9.97. The Balaban J connectivity index is 2.64. The third-order valence-electron chi connectivity index (χ3n) is 4.68. The normalized spacial score (nSPS) is 12.8. The molecule has 1 amide bonds. The molecule has 1 rings (SSSR count). The van der Waals surface area contributed by atoms with Crippen LogP contribution in [0.15, 0.2) is 29.2 Å². The van der Waals surface area contributed by atoms with Crippen LogP contribution in [0.1, 0.15) is 66.7 Å². The Labute approximate surface area is 197 Å². The molecule has 1 unspecified atom stereocenters. The second kappa shape index (κ2) is 12.7. The van der Waals surface area contributed by atoms with Crippen LogP contribution in [0.5, 0.6) is 5.75 Å². The Kier molecular flexibility index (Phi) is 11.0. The SMILES string of the molecule is COc1ccccc1S(=O)(=O)CC(=N)CCCCC(NC(=O)OC(C)(C)C)C(=O)CC(C)C. The molecule has 1 atom stereocenters. The number of ketones is 1. The number of amides is 1. The highest BCUT2D eigenvalue weighted by Crippen LogP contribution is 2.24. The van der Waals surface area contributed by atoms with Gasteiger partial charge in [-0.3, -0.25) is 4.79 Å². The molecule has 2 N–H and O–H groups in total. The van der Waals surface area contributed by atoms with Crippen LogP contribution < -0.4 is 10.1 Å². The lowest BCUT2D eigenvalue weighted by Crippen LogP contribution is -2.43. The molecule has 0 fully saturated rings. The molecule has 0 heterocycles. The molecule has 1 aromatic rings. The zero-order chi connectivity index (χ0) is 25.2. The lowest BCUT2D eigenvalue weighted by Gasteiger charge is -2.23. The highest BCUT2D eigenvalue weighted by atomic mass is 32.2. The lowest BCUT2D eigenvalue weighted by molar-refractivity contribution is -0.122. The summed E-state index contributed by atoms with van der Waals surface area (Å²) in [6, 6.07) is 5.67. The predicted molar refractivity (Wildman–Crippen MR) is 129 cm³/mol. The Morgan fingerprint density at radius 3 is 2.33 bits per heavy atom. The molecule has 0 spiro atoms. The highest BCUT2D eigenvalue weighted by molar-refractivity contribution is 7.92. The van der Waals surface area contributed by atoms with E-state index in [0.29, 0.717) is 25.7 Å². The van der Waals surface area contributed by atoms with Gasteiger partial charge in [0, 0.05) is 12.1 Å². The third kappa shape index (κ3) is 10.8. The summed E-state index contributed by atoms with van der Waals surface area (Å²) in [5.74, 6) is -0.0392. The number of nitrogens with one attached hydrogen (secondary N) is 2. The number of ether oxygens (including phenoxy) is 2. The van der Waals surface area contributed by atoms with Crippen molar-refractivity contribution in [1.29, 1.82) is 5.41 Å². The van der Waals surface area contributed by atoms with E-state index in [2.05, 4.69) is 5.32 Å². The first kappa shape index (κ1) is 28.6. The van der Waals surface area contributed by atoms with Gasteiger partial charge in [-0.15, -0.1) is 0 Å². The maximum atomic E-state index is 12.7. The van der Waals surface area contributed by atoms with E-state index < -0.39 is 27.6 Å². The largest absolute Gasteiger partial charge is 0.495 e. The molecule has 8 nitrogen and oxygen atoms in total. The minimum Gasteiger partial charge on any atom is -0.495 e. The van der Waals surface area contributed by atoms with Gasteiger partial charge in [-0.1, -0.05) is 32.4 Å². The average Bonchev–Trinajstić information content (AvgIpc) is 2.67. The first-order valence-corrected chi connectivity index (χ1v) is 12.8. The average molecular weight is 483 g/mol. The summed E-state index contributed by atoms with van der Waals surface area (Å²) in [7, 11) is -2.29. The number of sulfone groups is 1. The zero-order valence-electron chi connectivity index (χ0n) is 20.6. The first-order valence-electron chi connectivity index (χ1n) is 11.2. The zero-order valence-corrected chi connectivity index (χ0v) is 21.4. The van der Waals surface area contributed by atoms with Crippen molar-refractivity contribution in [2.45, 2.75) is 83.3 Å². The van der Waals surface area contributed by atoms with Crippen LogP contribution in [0, 0.1) is 11.3 Å². The Morgan fingerprint density at radius 2 is 1.76 bits per heavy atom. The third-order valence-corrected chi connectivity index (χ3v) is 6.41. The summed E-state index contributed by atoms with van der Waals surface area (Å²) < 4.78 is 35.7. The first-order chi connectivity index (χ1) is 15.2. The minimum atomic E-state index is -3.69. The van der Waals surface area contributed by atoms with Crippen molar-refractivity contribution >= 4 is 27.4 Å². The van der Waals surface area contributed by atoms with Gasteiger partial charge < -0.3 is 20.2 Å². The van der Waals surface area contributed by atoms with Gasteiger partial charge in [-0.05, 0) is 58.1 Å². The van der Waals surface area contributed by atoms with Crippen LogP contribution in [0.25, 0.3) is 0 Å². The molecule has 186 valence electrons. The molecule has 0 aliphatic carbocycles. The second-order valence-corrected chi connectivity index (χ2v) is 11.5. The number of hydrogen-bond donors (Lipinski definition) is 2. The van der Waals surface area contributed by atoms with Gasteiger partial charge in [-0.2, -0.15) is 0 Å². The van der Waals surface area contributed by atoms with Crippen molar-refractivity contribution < 1.29 is 27.5 Å². The van der Waals surface area contributed by atoms with E-state index in [0.717, 1.165) is 0 Å². The number of rotatable bonds is 13. The van der Waals surface area contributed by atoms with E-state index in [1.807, 2.05) is 13.8 Å². The highest BCUT2D eigenvalue weighted by Gasteiger charge is 2.25. The fourth-order valence-corrected chi connectivity index (χ4v) is 4.75. The van der Waals surface area contributed by atoms with Crippen molar-refractivity contribution in [2.75, 3.05) is 12.9 Å². The Morgan fingerprint density at radius 1 is 1.12 bits per heavy atom. The summed E-state index contributed by atoms with van der Waals surface area (Å²) in [4.78, 5) is 24.8. The standard InChI is InChI=1S/C24H38N2O6S/c1-17(2)15-20(27)19(26-23(28)32-24(3,4)5)12-8-7-11-18(25)16-33(29,30)22-14-10-9-13-21(22)31-6/h9-10,13-14,17,19,25H,7-8,11-12,15-16H2,1-6H3,(H,26,28). The number of methoxy groups -OCH3 is 1. The second-order valence-electron chi connectivity index (χ2n) is 9.52. The molecule has 0 radical (unpaired) electrons. The van der Waals surface area contributed by atoms with Crippen LogP contribution in [0.3, 0.4) is 0 Å². The number of para-hydroxylation sites is 1. The van der Waals surface area contributed by atoms with E-state index >= 15 is 0 Å². The summed E-state index contributed by atoms with van der Waals surface area (Å²) in [5.41, 5.74) is -0.580.